The SMILES string of the molecule is CC(C)(C)c1nc(N2C[C@](C)(N)CC2(C)C)c(C(=O)NS(=O)(=O)c2cccc(N)n2)cc1C1=CCN(C(=O)CC2CCCCC2)CC1. The van der Waals surface area contributed by atoms with Crippen LogP contribution in [0.15, 0.2) is 35.4 Å². The third-order valence-electron chi connectivity index (χ3n) is 9.64. The summed E-state index contributed by atoms with van der Waals surface area (Å²) in [5, 5.41) is -0.351. The standard InChI is InChI=1S/C35H51N7O4S/c1-33(2,3)30-25(24-15-17-41(18-16-24)29(43)19-23-11-8-7-9-12-23)20-26(31(39-30)42-22-35(6,37)21-34(42,4)5)32(44)40-47(45,46)28-14-10-13-27(36)38-28/h10,13-15,20,23H,7-9,11-12,16-19,21-22,37H2,1-6H3,(H2,36,38)(H,40,44)/t35-/m1/s1. The Kier molecular flexibility index (Phi) is 9.51. The van der Waals surface area contributed by atoms with E-state index >= 15 is 0 Å². The fourth-order valence-electron chi connectivity index (χ4n) is 7.49. The van der Waals surface area contributed by atoms with Gasteiger partial charge in [-0.2, -0.15) is 8.42 Å². The number of pyridine rings is 2. The summed E-state index contributed by atoms with van der Waals surface area (Å²) in [5.74, 6) is 0.248. The van der Waals surface area contributed by atoms with Crippen molar-refractivity contribution in [3.8, 4) is 0 Å². The highest BCUT2D eigenvalue weighted by Crippen LogP contribution is 2.42. The molecule has 1 aliphatic carbocycles. The summed E-state index contributed by atoms with van der Waals surface area (Å²) in [7, 11) is -4.35. The van der Waals surface area contributed by atoms with E-state index in [2.05, 4.69) is 50.4 Å². The van der Waals surface area contributed by atoms with E-state index in [1.807, 2.05) is 16.7 Å². The summed E-state index contributed by atoms with van der Waals surface area (Å²) in [4.78, 5) is 40.3. The van der Waals surface area contributed by atoms with Crippen molar-refractivity contribution in [1.82, 2.24) is 19.6 Å². The zero-order chi connectivity index (χ0) is 34.4. The van der Waals surface area contributed by atoms with Crippen molar-refractivity contribution in [2.75, 3.05) is 30.3 Å². The van der Waals surface area contributed by atoms with Crippen LogP contribution in [0.3, 0.4) is 0 Å². The van der Waals surface area contributed by atoms with Crippen LogP contribution in [0, 0.1) is 5.92 Å². The average molecular weight is 666 g/mol. The molecule has 47 heavy (non-hydrogen) atoms. The van der Waals surface area contributed by atoms with Crippen molar-refractivity contribution in [1.29, 1.82) is 0 Å². The Balaban J connectivity index is 1.55. The highest BCUT2D eigenvalue weighted by atomic mass is 32.2. The van der Waals surface area contributed by atoms with Gasteiger partial charge in [0.25, 0.3) is 15.9 Å². The number of rotatable bonds is 7. The van der Waals surface area contributed by atoms with Crippen molar-refractivity contribution in [2.45, 2.75) is 114 Å². The fraction of sp³-hybridized carbons (Fsp3) is 0.600. The lowest BCUT2D eigenvalue weighted by Gasteiger charge is -2.36. The van der Waals surface area contributed by atoms with Crippen LogP contribution >= 0.6 is 0 Å². The molecule has 2 amide bonds. The van der Waals surface area contributed by atoms with Crippen molar-refractivity contribution >= 4 is 39.0 Å². The molecule has 4 heterocycles. The predicted molar refractivity (Wildman–Crippen MR) is 185 cm³/mol. The molecular weight excluding hydrogens is 614 g/mol. The number of carbonyl (C=O) groups is 2. The van der Waals surface area contributed by atoms with E-state index in [9.17, 15) is 18.0 Å². The molecule has 0 radical (unpaired) electrons. The summed E-state index contributed by atoms with van der Waals surface area (Å²) < 4.78 is 28.9. The van der Waals surface area contributed by atoms with Gasteiger partial charge in [0.2, 0.25) is 5.91 Å². The van der Waals surface area contributed by atoms with Crippen LogP contribution in [0.1, 0.15) is 115 Å². The number of nitrogens with one attached hydrogen (secondary N) is 1. The molecule has 5 rings (SSSR count). The van der Waals surface area contributed by atoms with Gasteiger partial charge >= 0.3 is 0 Å². The Hall–Kier alpha value is -3.51. The maximum Gasteiger partial charge on any atom is 0.281 e. The van der Waals surface area contributed by atoms with E-state index < -0.39 is 32.4 Å². The van der Waals surface area contributed by atoms with Crippen molar-refractivity contribution in [2.24, 2.45) is 11.7 Å². The van der Waals surface area contributed by atoms with Crippen LogP contribution in [-0.2, 0) is 20.2 Å². The molecule has 256 valence electrons. The van der Waals surface area contributed by atoms with E-state index in [1.54, 1.807) is 6.07 Å². The van der Waals surface area contributed by atoms with Crippen LogP contribution in [0.4, 0.5) is 11.6 Å². The molecule has 0 spiro atoms. The second-order valence-corrected chi connectivity index (χ2v) is 17.2. The Morgan fingerprint density at radius 1 is 1.09 bits per heavy atom. The lowest BCUT2D eigenvalue weighted by atomic mass is 9.83. The van der Waals surface area contributed by atoms with Crippen molar-refractivity contribution in [3.63, 3.8) is 0 Å². The number of hydrogen-bond acceptors (Lipinski definition) is 9. The topological polar surface area (TPSA) is 165 Å². The number of sulfonamides is 1. The molecule has 2 aromatic heterocycles. The Morgan fingerprint density at radius 2 is 1.79 bits per heavy atom. The quantitative estimate of drug-likeness (QED) is 0.378. The molecule has 5 N–H and O–H groups in total. The maximum atomic E-state index is 14.1. The predicted octanol–water partition coefficient (Wildman–Crippen LogP) is 4.77. The van der Waals surface area contributed by atoms with Crippen LogP contribution in [0.25, 0.3) is 5.57 Å². The molecule has 0 unspecified atom stereocenters. The fourth-order valence-corrected chi connectivity index (χ4v) is 8.43. The Morgan fingerprint density at radius 3 is 2.36 bits per heavy atom. The van der Waals surface area contributed by atoms with Gasteiger partial charge in [-0.25, -0.2) is 14.7 Å². The number of aromatic nitrogens is 2. The number of hydrogen-bond donors (Lipinski definition) is 3. The Bertz CT molecular complexity index is 1670. The van der Waals surface area contributed by atoms with E-state index in [4.69, 9.17) is 16.5 Å². The van der Waals surface area contributed by atoms with Gasteiger partial charge in [-0.15, -0.1) is 0 Å². The summed E-state index contributed by atoms with van der Waals surface area (Å²) in [5.41, 5.74) is 13.6. The third kappa shape index (κ3) is 7.80. The highest BCUT2D eigenvalue weighted by Gasteiger charge is 2.46. The third-order valence-corrected chi connectivity index (χ3v) is 10.9. The van der Waals surface area contributed by atoms with Gasteiger partial charge in [0, 0.05) is 48.1 Å². The highest BCUT2D eigenvalue weighted by molar-refractivity contribution is 7.90. The normalized spacial score (nSPS) is 22.2. The van der Waals surface area contributed by atoms with E-state index in [0.29, 0.717) is 50.6 Å². The minimum Gasteiger partial charge on any atom is -0.384 e. The molecule has 1 atom stereocenters. The second-order valence-electron chi connectivity index (χ2n) is 15.6. The zero-order valence-electron chi connectivity index (χ0n) is 28.7. The minimum absolute atomic E-state index is 0.0241. The summed E-state index contributed by atoms with van der Waals surface area (Å²) in [6.45, 7) is 13.8. The number of carbonyl (C=O) groups excluding carboxylic acids is 2. The molecule has 3 aliphatic rings. The van der Waals surface area contributed by atoms with Crippen LogP contribution in [-0.4, -0.2) is 65.8 Å². The second kappa shape index (κ2) is 12.8. The molecule has 2 aliphatic heterocycles. The summed E-state index contributed by atoms with van der Waals surface area (Å²) in [6.07, 6.45) is 9.81. The van der Waals surface area contributed by atoms with Crippen molar-refractivity contribution in [3.05, 3.63) is 47.2 Å². The van der Waals surface area contributed by atoms with E-state index in [0.717, 1.165) is 29.7 Å². The first-order valence-corrected chi connectivity index (χ1v) is 18.2. The lowest BCUT2D eigenvalue weighted by molar-refractivity contribution is -0.132. The van der Waals surface area contributed by atoms with Gasteiger partial charge in [0.15, 0.2) is 5.03 Å². The minimum atomic E-state index is -4.35. The molecule has 1 saturated carbocycles. The Labute approximate surface area is 279 Å². The van der Waals surface area contributed by atoms with Gasteiger partial charge in [0.1, 0.15) is 11.6 Å². The molecule has 0 bridgehead atoms. The van der Waals surface area contributed by atoms with E-state index in [1.165, 1.54) is 37.5 Å². The van der Waals surface area contributed by atoms with Crippen LogP contribution in [0.2, 0.25) is 0 Å². The number of nitrogen functional groups attached to an aromatic ring is 1. The van der Waals surface area contributed by atoms with Gasteiger partial charge < -0.3 is 21.3 Å². The molecule has 2 fully saturated rings. The molecular formula is C35H51N7O4S. The van der Waals surface area contributed by atoms with Crippen LogP contribution < -0.4 is 21.1 Å². The smallest absolute Gasteiger partial charge is 0.281 e. The lowest BCUT2D eigenvalue weighted by Crippen LogP contribution is -2.43. The maximum absolute atomic E-state index is 14.1. The number of amides is 2. The first-order chi connectivity index (χ1) is 21.9. The van der Waals surface area contributed by atoms with Gasteiger partial charge in [-0.3, -0.25) is 9.59 Å². The monoisotopic (exact) mass is 665 g/mol. The van der Waals surface area contributed by atoms with Gasteiger partial charge in [0.05, 0.1) is 11.3 Å². The molecule has 12 heteroatoms. The van der Waals surface area contributed by atoms with Crippen molar-refractivity contribution < 1.29 is 18.0 Å². The largest absolute Gasteiger partial charge is 0.384 e. The first-order valence-electron chi connectivity index (χ1n) is 16.8. The van der Waals surface area contributed by atoms with Gasteiger partial charge in [-0.1, -0.05) is 52.2 Å². The molecule has 1 saturated heterocycles. The van der Waals surface area contributed by atoms with Gasteiger partial charge in [-0.05, 0) is 76.1 Å². The number of nitrogens with two attached hydrogens (primary N) is 2. The summed E-state index contributed by atoms with van der Waals surface area (Å²) >= 11 is 0. The van der Waals surface area contributed by atoms with E-state index in [-0.39, 0.29) is 22.3 Å². The number of anilines is 2. The zero-order valence-corrected chi connectivity index (χ0v) is 29.5. The molecule has 0 aromatic carbocycles. The molecule has 11 nitrogen and oxygen atoms in total. The molecule has 2 aromatic rings. The summed E-state index contributed by atoms with van der Waals surface area (Å²) in [6, 6.07) is 6.01. The van der Waals surface area contributed by atoms with Crippen LogP contribution in [0.5, 0.6) is 0 Å². The average Bonchev–Trinajstić information content (AvgIpc) is 3.22. The first kappa shape index (κ1) is 34.8. The number of nitrogens with zero attached hydrogens (tertiary/aromatic N) is 4.